The molecule has 0 aliphatic carbocycles. The van der Waals surface area contributed by atoms with Crippen molar-refractivity contribution in [3.05, 3.63) is 58.0 Å². The molecule has 102 valence electrons. The van der Waals surface area contributed by atoms with Crippen molar-refractivity contribution in [2.45, 2.75) is 13.5 Å². The summed E-state index contributed by atoms with van der Waals surface area (Å²) in [6.07, 6.45) is 0. The summed E-state index contributed by atoms with van der Waals surface area (Å²) in [4.78, 5) is 24.0. The number of fused-ring (bicyclic) bond motifs is 1. The number of hydrogen-bond acceptors (Lipinski definition) is 4. The van der Waals surface area contributed by atoms with Crippen LogP contribution in [-0.4, -0.2) is 17.1 Å². The van der Waals surface area contributed by atoms with Crippen LogP contribution < -0.4 is 15.0 Å². The van der Waals surface area contributed by atoms with Crippen molar-refractivity contribution < 1.29 is 14.3 Å². The summed E-state index contributed by atoms with van der Waals surface area (Å²) < 4.78 is 11.9. The lowest BCUT2D eigenvalue weighted by Gasteiger charge is -2.08. The molecule has 2 aromatic rings. The minimum Gasteiger partial charge on any atom is -0.454 e. The molecule has 1 aliphatic rings. The Morgan fingerprint density at radius 2 is 2.00 bits per heavy atom. The highest BCUT2D eigenvalue weighted by Crippen LogP contribution is 2.32. The molecule has 5 nitrogen and oxygen atoms in total. The molecule has 0 fully saturated rings. The Labute approximate surface area is 115 Å². The molecule has 0 unspecified atom stereocenters. The first-order valence-electron chi connectivity index (χ1n) is 6.24. The maximum absolute atomic E-state index is 12.3. The fourth-order valence-electron chi connectivity index (χ4n) is 2.13. The van der Waals surface area contributed by atoms with Gasteiger partial charge in [-0.2, -0.15) is 0 Å². The summed E-state index contributed by atoms with van der Waals surface area (Å²) in [5.41, 5.74) is 1.08. The summed E-state index contributed by atoms with van der Waals surface area (Å²) >= 11 is 0. The second-order valence-corrected chi connectivity index (χ2v) is 4.58. The van der Waals surface area contributed by atoms with E-state index in [4.69, 9.17) is 9.47 Å². The van der Waals surface area contributed by atoms with Gasteiger partial charge in [0.1, 0.15) is 0 Å². The van der Waals surface area contributed by atoms with Crippen molar-refractivity contribution in [3.63, 3.8) is 0 Å². The molecular formula is C15H13NO4. The predicted octanol–water partition coefficient (Wildman–Crippen LogP) is 1.77. The van der Waals surface area contributed by atoms with Crippen LogP contribution in [0.3, 0.4) is 0 Å². The standard InChI is InChI=1S/C15H13NO4/c1-10-3-2-4-15(18)16(10)8-12(17)11-5-6-13-14(7-11)20-9-19-13/h2-7H,8-9H2,1H3. The summed E-state index contributed by atoms with van der Waals surface area (Å²) in [6.45, 7) is 1.99. The van der Waals surface area contributed by atoms with Crippen LogP contribution in [0.1, 0.15) is 16.1 Å². The van der Waals surface area contributed by atoms with Gasteiger partial charge >= 0.3 is 0 Å². The summed E-state index contributed by atoms with van der Waals surface area (Å²) in [6, 6.07) is 9.96. The van der Waals surface area contributed by atoms with Gasteiger partial charge in [-0.15, -0.1) is 0 Å². The van der Waals surface area contributed by atoms with Crippen molar-refractivity contribution >= 4 is 5.78 Å². The first kappa shape index (κ1) is 12.5. The number of carbonyl (C=O) groups is 1. The Morgan fingerprint density at radius 3 is 2.80 bits per heavy atom. The number of pyridine rings is 1. The van der Waals surface area contributed by atoms with E-state index in [0.717, 1.165) is 5.69 Å². The number of carbonyl (C=O) groups excluding carboxylic acids is 1. The zero-order chi connectivity index (χ0) is 14.1. The van der Waals surface area contributed by atoms with Gasteiger partial charge in [-0.25, -0.2) is 0 Å². The zero-order valence-corrected chi connectivity index (χ0v) is 11.0. The number of rotatable bonds is 3. The molecule has 0 saturated carbocycles. The molecule has 5 heteroatoms. The van der Waals surface area contributed by atoms with E-state index >= 15 is 0 Å². The van der Waals surface area contributed by atoms with E-state index in [1.807, 2.05) is 0 Å². The van der Waals surface area contributed by atoms with Gasteiger partial charge in [-0.05, 0) is 31.2 Å². The van der Waals surface area contributed by atoms with Gasteiger partial charge in [0.2, 0.25) is 6.79 Å². The van der Waals surface area contributed by atoms with E-state index in [1.165, 1.54) is 10.6 Å². The van der Waals surface area contributed by atoms with E-state index in [-0.39, 0.29) is 24.7 Å². The average molecular weight is 271 g/mol. The molecule has 0 atom stereocenters. The van der Waals surface area contributed by atoms with Gasteiger partial charge in [0.05, 0.1) is 6.54 Å². The van der Waals surface area contributed by atoms with Gasteiger partial charge in [0, 0.05) is 17.3 Å². The van der Waals surface area contributed by atoms with Crippen molar-refractivity contribution in [1.82, 2.24) is 4.57 Å². The van der Waals surface area contributed by atoms with Crippen molar-refractivity contribution in [3.8, 4) is 11.5 Å². The lowest BCUT2D eigenvalue weighted by molar-refractivity contribution is 0.0969. The summed E-state index contributed by atoms with van der Waals surface area (Å²) in [7, 11) is 0. The summed E-state index contributed by atoms with van der Waals surface area (Å²) in [5.74, 6) is 1.06. The smallest absolute Gasteiger partial charge is 0.251 e. The number of benzene rings is 1. The van der Waals surface area contributed by atoms with E-state index < -0.39 is 0 Å². The Kier molecular flexibility index (Phi) is 3.02. The Balaban J connectivity index is 1.88. The quantitative estimate of drug-likeness (QED) is 0.798. The first-order valence-corrected chi connectivity index (χ1v) is 6.24. The molecule has 1 aromatic carbocycles. The maximum Gasteiger partial charge on any atom is 0.251 e. The van der Waals surface area contributed by atoms with Crippen LogP contribution in [0.25, 0.3) is 0 Å². The number of hydrogen-bond donors (Lipinski definition) is 0. The molecular weight excluding hydrogens is 258 g/mol. The molecule has 0 N–H and O–H groups in total. The first-order chi connectivity index (χ1) is 9.65. The number of ketones is 1. The van der Waals surface area contributed by atoms with E-state index in [9.17, 15) is 9.59 Å². The maximum atomic E-state index is 12.3. The second kappa shape index (κ2) is 4.85. The van der Waals surface area contributed by atoms with Gasteiger partial charge in [0.15, 0.2) is 17.3 Å². The SMILES string of the molecule is Cc1cccc(=O)n1CC(=O)c1ccc2c(c1)OCO2. The van der Waals surface area contributed by atoms with Crippen LogP contribution in [-0.2, 0) is 6.54 Å². The van der Waals surface area contributed by atoms with Gasteiger partial charge in [-0.3, -0.25) is 9.59 Å². The van der Waals surface area contributed by atoms with Crippen molar-refractivity contribution in [1.29, 1.82) is 0 Å². The minimum atomic E-state index is -0.181. The van der Waals surface area contributed by atoms with Crippen LogP contribution in [0.5, 0.6) is 11.5 Å². The van der Waals surface area contributed by atoms with E-state index in [1.54, 1.807) is 37.3 Å². The molecule has 1 aromatic heterocycles. The second-order valence-electron chi connectivity index (χ2n) is 4.58. The highest BCUT2D eigenvalue weighted by Gasteiger charge is 2.16. The molecule has 20 heavy (non-hydrogen) atoms. The fraction of sp³-hybridized carbons (Fsp3) is 0.200. The van der Waals surface area contributed by atoms with Crippen molar-refractivity contribution in [2.24, 2.45) is 0 Å². The number of aryl methyl sites for hydroxylation is 1. The lowest BCUT2D eigenvalue weighted by atomic mass is 10.1. The predicted molar refractivity (Wildman–Crippen MR) is 72.3 cm³/mol. The number of ether oxygens (including phenoxy) is 2. The van der Waals surface area contributed by atoms with Crippen LogP contribution in [0.2, 0.25) is 0 Å². The molecule has 0 spiro atoms. The van der Waals surface area contributed by atoms with Crippen LogP contribution >= 0.6 is 0 Å². The Bertz CT molecular complexity index is 733. The van der Waals surface area contributed by atoms with Crippen LogP contribution in [0.15, 0.2) is 41.2 Å². The molecule has 1 aliphatic heterocycles. The van der Waals surface area contributed by atoms with Gasteiger partial charge in [0.25, 0.3) is 5.56 Å². The zero-order valence-electron chi connectivity index (χ0n) is 11.0. The van der Waals surface area contributed by atoms with E-state index in [2.05, 4.69) is 0 Å². The highest BCUT2D eigenvalue weighted by atomic mass is 16.7. The van der Waals surface area contributed by atoms with Crippen LogP contribution in [0, 0.1) is 6.92 Å². The topological polar surface area (TPSA) is 57.5 Å². The molecule has 0 saturated heterocycles. The fourth-order valence-corrected chi connectivity index (χ4v) is 2.13. The molecule has 3 rings (SSSR count). The third-order valence-electron chi connectivity index (χ3n) is 3.26. The number of Topliss-reactive ketones (excluding diaryl/α,β-unsaturated/α-hetero) is 1. The van der Waals surface area contributed by atoms with Gasteiger partial charge < -0.3 is 14.0 Å². The number of aromatic nitrogens is 1. The molecule has 0 radical (unpaired) electrons. The Hall–Kier alpha value is -2.56. The normalized spacial score (nSPS) is 12.4. The minimum absolute atomic E-state index is 0.0190. The molecule has 0 amide bonds. The third-order valence-corrected chi connectivity index (χ3v) is 3.26. The third kappa shape index (κ3) is 2.18. The largest absolute Gasteiger partial charge is 0.454 e. The number of nitrogens with zero attached hydrogens (tertiary/aromatic N) is 1. The van der Waals surface area contributed by atoms with Gasteiger partial charge in [-0.1, -0.05) is 6.07 Å². The Morgan fingerprint density at radius 1 is 1.20 bits per heavy atom. The monoisotopic (exact) mass is 271 g/mol. The highest BCUT2D eigenvalue weighted by molar-refractivity contribution is 5.96. The van der Waals surface area contributed by atoms with Crippen LogP contribution in [0.4, 0.5) is 0 Å². The van der Waals surface area contributed by atoms with Crippen molar-refractivity contribution in [2.75, 3.05) is 6.79 Å². The summed E-state index contributed by atoms with van der Waals surface area (Å²) in [5, 5.41) is 0. The average Bonchev–Trinajstić information content (AvgIpc) is 2.90. The molecule has 2 heterocycles. The molecule has 0 bridgehead atoms. The lowest BCUT2D eigenvalue weighted by Crippen LogP contribution is -2.25. The van der Waals surface area contributed by atoms with E-state index in [0.29, 0.717) is 17.1 Å².